The summed E-state index contributed by atoms with van der Waals surface area (Å²) in [5.74, 6) is 3.56. The fourth-order valence-electron chi connectivity index (χ4n) is 13.8. The minimum atomic E-state index is -4.56. The second kappa shape index (κ2) is 33.8. The van der Waals surface area contributed by atoms with Crippen LogP contribution in [0.15, 0.2) is 41.9 Å². The zero-order chi connectivity index (χ0) is 62.6. The van der Waals surface area contributed by atoms with E-state index in [1.54, 1.807) is 35.5 Å². The van der Waals surface area contributed by atoms with Crippen molar-refractivity contribution in [2.75, 3.05) is 46.5 Å². The van der Waals surface area contributed by atoms with E-state index in [9.17, 15) is 27.6 Å². The van der Waals surface area contributed by atoms with E-state index >= 15 is 0 Å². The molecule has 13 nitrogen and oxygen atoms in total. The van der Waals surface area contributed by atoms with E-state index in [4.69, 9.17) is 19.6 Å². The smallest absolute Gasteiger partial charge is 0.406 e. The molecule has 0 spiro atoms. The summed E-state index contributed by atoms with van der Waals surface area (Å²) in [6, 6.07) is 7.68. The zero-order valence-corrected chi connectivity index (χ0v) is 55.2. The molecule has 8 rings (SSSR count). The fraction of sp³-hybridized carbons (Fsp3) is 0.721. The summed E-state index contributed by atoms with van der Waals surface area (Å²) in [4.78, 5) is 53.0. The van der Waals surface area contributed by atoms with Gasteiger partial charge in [0.15, 0.2) is 0 Å². The summed E-state index contributed by atoms with van der Waals surface area (Å²) in [5.41, 5.74) is 6.46. The molecule has 7 unspecified atom stereocenters. The molecule has 5 heterocycles. The van der Waals surface area contributed by atoms with Crippen molar-refractivity contribution in [3.05, 3.63) is 58.2 Å². The standard InChI is InChI=1S/C53H74F3N7O5S.C11H22O.2C2H6/c1-8-35(3)28-52(9-2)21-15-24-61(31-52)47(37-16-10-11-17-37)49(65)60-42(50(66)63-25-13-12-23-58-63)27-45-59-43(30-69-45)38-19-20-44-40(26-38)41(29-51(5,6)33-68-34-64)48(62(44)32-53(54,55)56)39-18-14-22-57-46(39)36(4)67-7;1-4-8(2)11(9(3)7-12)10-5-6-10;2*1-2/h14,18-20,22,26,30,34-37,42,47,58H,8-13,15-17,21,23-25,27-29,31-33H2,1-7H3,(H,60,65);8-12H,4-7H2,1-3H3;2*1-2H3/t;8-,9?,11?;;/m.1../s1. The van der Waals surface area contributed by atoms with Gasteiger partial charge in [-0.3, -0.25) is 29.3 Å². The molecule has 1 aromatic carbocycles. The normalized spacial score (nSPS) is 20.3. The molecule has 4 aliphatic rings. The number of hydrogen-bond acceptors (Lipinski definition) is 11. The summed E-state index contributed by atoms with van der Waals surface area (Å²) >= 11 is 1.40. The number of benzene rings is 1. The Hall–Kier alpha value is -4.42. The van der Waals surface area contributed by atoms with Crippen molar-refractivity contribution >= 4 is 40.5 Å². The number of carbonyl (C=O) groups is 3. The van der Waals surface area contributed by atoms with Crippen molar-refractivity contribution in [2.45, 2.75) is 224 Å². The number of likely N-dealkylation sites (tertiary alicyclic amines) is 1. The number of fused-ring (bicyclic) bond motifs is 1. The highest BCUT2D eigenvalue weighted by molar-refractivity contribution is 7.10. The highest BCUT2D eigenvalue weighted by Gasteiger charge is 2.44. The maximum atomic E-state index is 15.0. The van der Waals surface area contributed by atoms with Gasteiger partial charge in [-0.2, -0.15) is 13.2 Å². The van der Waals surface area contributed by atoms with E-state index < -0.39 is 30.3 Å². The molecule has 85 heavy (non-hydrogen) atoms. The Kier molecular flexibility index (Phi) is 28.4. The van der Waals surface area contributed by atoms with Crippen LogP contribution in [0.1, 0.15) is 202 Å². The number of halogens is 3. The van der Waals surface area contributed by atoms with Crippen molar-refractivity contribution in [3.63, 3.8) is 0 Å². The first-order valence-corrected chi connectivity index (χ1v) is 33.5. The van der Waals surface area contributed by atoms with E-state index in [1.165, 1.54) is 48.7 Å². The quantitative estimate of drug-likeness (QED) is 0.0518. The molecule has 2 saturated carbocycles. The summed E-state index contributed by atoms with van der Waals surface area (Å²) in [5, 5.41) is 17.3. The van der Waals surface area contributed by atoms with Crippen molar-refractivity contribution in [1.29, 1.82) is 0 Å². The molecule has 2 aliphatic heterocycles. The molecule has 478 valence electrons. The molecule has 0 radical (unpaired) electrons. The highest BCUT2D eigenvalue weighted by atomic mass is 32.1. The summed E-state index contributed by atoms with van der Waals surface area (Å²) in [6.45, 7) is 29.8. The van der Waals surface area contributed by atoms with Gasteiger partial charge < -0.3 is 24.5 Å². The number of thiazole rings is 1. The van der Waals surface area contributed by atoms with Crippen LogP contribution in [0.3, 0.4) is 0 Å². The molecule has 8 atom stereocenters. The fourth-order valence-corrected chi connectivity index (χ4v) is 14.6. The van der Waals surface area contributed by atoms with Crippen LogP contribution >= 0.6 is 11.3 Å². The van der Waals surface area contributed by atoms with Crippen LogP contribution < -0.4 is 10.7 Å². The van der Waals surface area contributed by atoms with Gasteiger partial charge in [-0.1, -0.05) is 115 Å². The Morgan fingerprint density at radius 1 is 0.941 bits per heavy atom. The molecule has 2 amide bonds. The average Bonchev–Trinajstić information content (AvgIpc) is 2.91. The summed E-state index contributed by atoms with van der Waals surface area (Å²) in [7, 11) is 1.54. The SMILES string of the molecule is CC.CC.CCC(C)CC1(CC)CCCN(C(C(=O)NC(Cc2nc(-c3ccc4c(c3)c(CC(C)(C)COC=O)c(-c3cccnc3C(C)OC)n4CC(F)(F)F)cs2)C(=O)N2CCCCN2)C2CCCC2)C1.CC[C@@H](C)C(C(C)CO)C1CC1. The number of aliphatic hydroxyl groups excluding tert-OH is 1. The van der Waals surface area contributed by atoms with E-state index in [0.29, 0.717) is 87.7 Å². The van der Waals surface area contributed by atoms with Gasteiger partial charge in [0, 0.05) is 78.8 Å². The highest BCUT2D eigenvalue weighted by Crippen LogP contribution is 2.47. The van der Waals surface area contributed by atoms with E-state index in [0.717, 1.165) is 95.1 Å². The number of methoxy groups -OCH3 is 1. The van der Waals surface area contributed by atoms with Crippen molar-refractivity contribution in [3.8, 4) is 22.5 Å². The summed E-state index contributed by atoms with van der Waals surface area (Å²) in [6.07, 6.45) is 12.6. The Bertz CT molecular complexity index is 2650. The Balaban J connectivity index is 0.000000723. The van der Waals surface area contributed by atoms with Crippen LogP contribution in [0.25, 0.3) is 33.4 Å². The third kappa shape index (κ3) is 19.3. The first-order chi connectivity index (χ1) is 40.7. The molecule has 2 saturated heterocycles. The number of piperidine rings is 1. The molecule has 3 aromatic heterocycles. The van der Waals surface area contributed by atoms with Gasteiger partial charge >= 0.3 is 6.18 Å². The van der Waals surface area contributed by atoms with Gasteiger partial charge in [0.25, 0.3) is 12.4 Å². The largest absolute Gasteiger partial charge is 0.467 e. The van der Waals surface area contributed by atoms with Crippen molar-refractivity contribution < 1.29 is 42.1 Å². The number of rotatable bonds is 26. The Labute approximate surface area is 512 Å². The van der Waals surface area contributed by atoms with Gasteiger partial charge in [-0.25, -0.2) is 10.4 Å². The van der Waals surface area contributed by atoms with Gasteiger partial charge in [-0.05, 0) is 155 Å². The number of hydrogen-bond donors (Lipinski definition) is 3. The molecular weight excluding hydrogens is 1100 g/mol. The minimum Gasteiger partial charge on any atom is -0.467 e. The van der Waals surface area contributed by atoms with Crippen molar-refractivity contribution in [1.82, 2.24) is 35.2 Å². The number of amides is 2. The van der Waals surface area contributed by atoms with Crippen LogP contribution in [-0.2, 0) is 43.2 Å². The minimum absolute atomic E-state index is 0.0476. The third-order valence-corrected chi connectivity index (χ3v) is 19.5. The van der Waals surface area contributed by atoms with E-state index in [2.05, 4.69) is 62.2 Å². The van der Waals surface area contributed by atoms with Crippen molar-refractivity contribution in [2.24, 2.45) is 46.3 Å². The molecule has 2 aliphatic carbocycles. The lowest BCUT2D eigenvalue weighted by Crippen LogP contribution is -2.61. The number of hydrazine groups is 1. The predicted molar refractivity (Wildman–Crippen MR) is 340 cm³/mol. The second-order valence-electron chi connectivity index (χ2n) is 25.4. The Morgan fingerprint density at radius 3 is 2.26 bits per heavy atom. The summed E-state index contributed by atoms with van der Waals surface area (Å²) < 4.78 is 56.1. The zero-order valence-electron chi connectivity index (χ0n) is 54.3. The molecule has 17 heteroatoms. The maximum absolute atomic E-state index is 15.0. The monoisotopic (exact) mass is 1210 g/mol. The number of aliphatic hydroxyl groups is 1. The predicted octanol–water partition coefficient (Wildman–Crippen LogP) is 15.2. The topological polar surface area (TPSA) is 151 Å². The number of nitrogens with zero attached hydrogens (tertiary/aromatic N) is 5. The van der Waals surface area contributed by atoms with Gasteiger partial charge in [0.05, 0.1) is 40.8 Å². The van der Waals surface area contributed by atoms with Crippen LogP contribution in [-0.4, -0.2) is 113 Å². The first-order valence-electron chi connectivity index (χ1n) is 32.6. The third-order valence-electron chi connectivity index (χ3n) is 18.6. The molecule has 3 N–H and O–H groups in total. The van der Waals surface area contributed by atoms with Crippen LogP contribution in [0.2, 0.25) is 0 Å². The van der Waals surface area contributed by atoms with Gasteiger partial charge in [0.2, 0.25) is 5.91 Å². The lowest BCUT2D eigenvalue weighted by Gasteiger charge is -2.47. The van der Waals surface area contributed by atoms with Gasteiger partial charge in [0.1, 0.15) is 12.6 Å². The number of ether oxygens (including phenoxy) is 2. The number of aromatic nitrogens is 3. The maximum Gasteiger partial charge on any atom is 0.406 e. The number of pyridine rings is 1. The first kappa shape index (κ1) is 71.3. The molecule has 4 fully saturated rings. The van der Waals surface area contributed by atoms with Crippen LogP contribution in [0, 0.1) is 46.3 Å². The lowest BCUT2D eigenvalue weighted by molar-refractivity contribution is -0.142. The Morgan fingerprint density at radius 2 is 1.66 bits per heavy atom. The molecule has 0 bridgehead atoms. The lowest BCUT2D eigenvalue weighted by atomic mass is 9.71. The van der Waals surface area contributed by atoms with E-state index in [1.807, 2.05) is 59.9 Å². The van der Waals surface area contributed by atoms with Crippen LogP contribution in [0.4, 0.5) is 13.2 Å². The number of nitrogens with one attached hydrogen (secondary N) is 2. The average molecular weight is 1210 g/mol. The van der Waals surface area contributed by atoms with Gasteiger partial charge in [-0.15, -0.1) is 11.3 Å². The number of alkyl halides is 3. The second-order valence-corrected chi connectivity index (χ2v) is 26.4. The number of carbonyl (C=O) groups excluding carboxylic acids is 3. The molecular formula is C68H108F3N7O6S. The van der Waals surface area contributed by atoms with Crippen LogP contribution in [0.5, 0.6) is 0 Å². The van der Waals surface area contributed by atoms with E-state index in [-0.39, 0.29) is 48.6 Å². The molecule has 4 aromatic rings.